The fourth-order valence-electron chi connectivity index (χ4n) is 4.79. The molecule has 0 spiro atoms. The first-order chi connectivity index (χ1) is 13.6. The van der Waals surface area contributed by atoms with Crippen LogP contribution in [0.4, 0.5) is 5.82 Å². The predicted octanol–water partition coefficient (Wildman–Crippen LogP) is 0.496. The van der Waals surface area contributed by atoms with Crippen molar-refractivity contribution in [3.05, 3.63) is 12.3 Å². The van der Waals surface area contributed by atoms with E-state index < -0.39 is 0 Å². The van der Waals surface area contributed by atoms with E-state index >= 15 is 0 Å². The maximum Gasteiger partial charge on any atom is 0.245 e. The number of amides is 2. The molecule has 8 heteroatoms. The van der Waals surface area contributed by atoms with Crippen molar-refractivity contribution in [1.29, 1.82) is 0 Å². The Kier molecular flexibility index (Phi) is 5.96. The number of nitrogens with one attached hydrogen (secondary N) is 2. The average Bonchev–Trinajstić information content (AvgIpc) is 3.38. The number of rotatable bonds is 5. The molecular weight excluding hydrogens is 356 g/mol. The molecule has 154 valence electrons. The second-order valence-electron chi connectivity index (χ2n) is 8.39. The standard InChI is InChI=1S/C20H32N6O2/c1-24-12-8-18(23-24)26-11-4-7-17(20(26)28)25-10-3-5-15(14-25)13-22-19(27)16-6-2-9-21-16/h8,12,15-17,21H,2-7,9-11,13-14H2,1H3,(H,22,27). The highest BCUT2D eigenvalue weighted by Crippen LogP contribution is 2.26. The van der Waals surface area contributed by atoms with Crippen molar-refractivity contribution in [3.8, 4) is 0 Å². The summed E-state index contributed by atoms with van der Waals surface area (Å²) in [6, 6.07) is 1.82. The minimum atomic E-state index is -0.0641. The van der Waals surface area contributed by atoms with Gasteiger partial charge >= 0.3 is 0 Å². The minimum absolute atomic E-state index is 0.0217. The summed E-state index contributed by atoms with van der Waals surface area (Å²) in [5.74, 6) is 1.47. The van der Waals surface area contributed by atoms with Gasteiger partial charge in [-0.05, 0) is 57.5 Å². The number of piperidine rings is 2. The van der Waals surface area contributed by atoms with E-state index in [1.165, 1.54) is 0 Å². The lowest BCUT2D eigenvalue weighted by atomic mass is 9.93. The Bertz CT molecular complexity index is 699. The van der Waals surface area contributed by atoms with Crippen LogP contribution in [-0.4, -0.2) is 71.3 Å². The number of hydrogen-bond acceptors (Lipinski definition) is 5. The van der Waals surface area contributed by atoms with Gasteiger partial charge in [0.1, 0.15) is 0 Å². The maximum atomic E-state index is 13.1. The van der Waals surface area contributed by atoms with Gasteiger partial charge in [0.2, 0.25) is 11.8 Å². The lowest BCUT2D eigenvalue weighted by Crippen LogP contribution is -2.56. The SMILES string of the molecule is Cn1ccc(N2CCCC(N3CCCC(CNC(=O)C4CCCN4)C3)C2=O)n1. The Balaban J connectivity index is 1.33. The molecule has 28 heavy (non-hydrogen) atoms. The lowest BCUT2D eigenvalue weighted by Gasteiger charge is -2.41. The van der Waals surface area contributed by atoms with Crippen LogP contribution in [0.3, 0.4) is 0 Å². The van der Waals surface area contributed by atoms with E-state index in [-0.39, 0.29) is 23.9 Å². The topological polar surface area (TPSA) is 82.5 Å². The second-order valence-corrected chi connectivity index (χ2v) is 8.39. The van der Waals surface area contributed by atoms with Crippen LogP contribution in [0.1, 0.15) is 38.5 Å². The summed E-state index contributed by atoms with van der Waals surface area (Å²) in [5.41, 5.74) is 0. The van der Waals surface area contributed by atoms with Crippen molar-refractivity contribution in [2.45, 2.75) is 50.6 Å². The van der Waals surface area contributed by atoms with Gasteiger partial charge in [0.05, 0.1) is 12.1 Å². The van der Waals surface area contributed by atoms with Crippen LogP contribution >= 0.6 is 0 Å². The molecule has 3 atom stereocenters. The summed E-state index contributed by atoms with van der Waals surface area (Å²) in [4.78, 5) is 29.6. The molecule has 3 fully saturated rings. The van der Waals surface area contributed by atoms with Crippen LogP contribution in [0.25, 0.3) is 0 Å². The highest BCUT2D eigenvalue weighted by Gasteiger charge is 2.37. The molecule has 0 radical (unpaired) electrons. The Morgan fingerprint density at radius 1 is 1.25 bits per heavy atom. The average molecular weight is 389 g/mol. The molecular formula is C20H32N6O2. The molecule has 0 aromatic carbocycles. The highest BCUT2D eigenvalue weighted by atomic mass is 16.2. The minimum Gasteiger partial charge on any atom is -0.354 e. The fraction of sp³-hybridized carbons (Fsp3) is 0.750. The zero-order chi connectivity index (χ0) is 19.5. The van der Waals surface area contributed by atoms with Gasteiger partial charge < -0.3 is 10.6 Å². The molecule has 0 aliphatic carbocycles. The molecule has 1 aromatic rings. The molecule has 2 N–H and O–H groups in total. The molecule has 3 aliphatic heterocycles. The van der Waals surface area contributed by atoms with Crippen LogP contribution in [0.5, 0.6) is 0 Å². The summed E-state index contributed by atoms with van der Waals surface area (Å²) in [7, 11) is 1.88. The van der Waals surface area contributed by atoms with Gasteiger partial charge in [0.25, 0.3) is 0 Å². The molecule has 2 amide bonds. The van der Waals surface area contributed by atoms with Crippen LogP contribution in [0.2, 0.25) is 0 Å². The second kappa shape index (κ2) is 8.61. The van der Waals surface area contributed by atoms with Crippen molar-refractivity contribution >= 4 is 17.6 Å². The van der Waals surface area contributed by atoms with E-state index in [0.717, 1.165) is 70.5 Å². The molecule has 1 aromatic heterocycles. The van der Waals surface area contributed by atoms with Crippen LogP contribution in [0.15, 0.2) is 12.3 Å². The third kappa shape index (κ3) is 4.22. The lowest BCUT2D eigenvalue weighted by molar-refractivity contribution is -0.127. The number of carbonyl (C=O) groups excluding carboxylic acids is 2. The Morgan fingerprint density at radius 3 is 2.86 bits per heavy atom. The molecule has 4 heterocycles. The van der Waals surface area contributed by atoms with E-state index in [0.29, 0.717) is 12.5 Å². The van der Waals surface area contributed by atoms with Gasteiger partial charge in [-0.3, -0.25) is 24.1 Å². The number of carbonyl (C=O) groups is 2. The molecule has 3 saturated heterocycles. The van der Waals surface area contributed by atoms with Crippen molar-refractivity contribution in [2.75, 3.05) is 37.6 Å². The summed E-state index contributed by atoms with van der Waals surface area (Å²) < 4.78 is 1.74. The summed E-state index contributed by atoms with van der Waals surface area (Å²) in [6.07, 6.45) is 7.99. The Morgan fingerprint density at radius 2 is 2.11 bits per heavy atom. The first-order valence-corrected chi connectivity index (χ1v) is 10.7. The summed E-state index contributed by atoms with van der Waals surface area (Å²) in [5, 5.41) is 10.8. The van der Waals surface area contributed by atoms with Crippen molar-refractivity contribution in [2.24, 2.45) is 13.0 Å². The van der Waals surface area contributed by atoms with Crippen molar-refractivity contribution < 1.29 is 9.59 Å². The Hall–Kier alpha value is -1.93. The smallest absolute Gasteiger partial charge is 0.245 e. The van der Waals surface area contributed by atoms with Gasteiger partial charge in [0, 0.05) is 38.9 Å². The van der Waals surface area contributed by atoms with Crippen LogP contribution < -0.4 is 15.5 Å². The third-order valence-electron chi connectivity index (χ3n) is 6.32. The van der Waals surface area contributed by atoms with Gasteiger partial charge in [-0.25, -0.2) is 0 Å². The largest absolute Gasteiger partial charge is 0.354 e. The number of anilines is 1. The zero-order valence-electron chi connectivity index (χ0n) is 16.8. The van der Waals surface area contributed by atoms with E-state index in [4.69, 9.17) is 0 Å². The normalized spacial score (nSPS) is 29.2. The Labute approximate surface area is 166 Å². The zero-order valence-corrected chi connectivity index (χ0v) is 16.8. The molecule has 3 aliphatic rings. The molecule has 4 rings (SSSR count). The van der Waals surface area contributed by atoms with Crippen LogP contribution in [-0.2, 0) is 16.6 Å². The van der Waals surface area contributed by atoms with Crippen molar-refractivity contribution in [1.82, 2.24) is 25.3 Å². The summed E-state index contributed by atoms with van der Waals surface area (Å²) in [6.45, 7) is 4.23. The molecule has 0 bridgehead atoms. The molecule has 8 nitrogen and oxygen atoms in total. The first kappa shape index (κ1) is 19.4. The van der Waals surface area contributed by atoms with E-state index in [1.807, 2.05) is 24.2 Å². The monoisotopic (exact) mass is 388 g/mol. The van der Waals surface area contributed by atoms with E-state index in [1.54, 1.807) is 4.68 Å². The quantitative estimate of drug-likeness (QED) is 0.767. The predicted molar refractivity (Wildman–Crippen MR) is 107 cm³/mol. The van der Waals surface area contributed by atoms with Crippen LogP contribution in [0, 0.1) is 5.92 Å². The maximum absolute atomic E-state index is 13.1. The van der Waals surface area contributed by atoms with Crippen molar-refractivity contribution in [3.63, 3.8) is 0 Å². The number of aryl methyl sites for hydroxylation is 1. The number of hydrogen-bond donors (Lipinski definition) is 2. The number of likely N-dealkylation sites (tertiary alicyclic amines) is 1. The van der Waals surface area contributed by atoms with E-state index in [2.05, 4.69) is 20.6 Å². The summed E-state index contributed by atoms with van der Waals surface area (Å²) >= 11 is 0. The first-order valence-electron chi connectivity index (χ1n) is 10.7. The van der Waals surface area contributed by atoms with E-state index in [9.17, 15) is 9.59 Å². The van der Waals surface area contributed by atoms with Gasteiger partial charge in [0.15, 0.2) is 5.82 Å². The molecule has 0 saturated carbocycles. The highest BCUT2D eigenvalue weighted by molar-refractivity contribution is 5.97. The van der Waals surface area contributed by atoms with Gasteiger partial charge in [-0.15, -0.1) is 0 Å². The number of nitrogens with zero attached hydrogens (tertiary/aromatic N) is 4. The van der Waals surface area contributed by atoms with Gasteiger partial charge in [-0.2, -0.15) is 5.10 Å². The third-order valence-corrected chi connectivity index (χ3v) is 6.32. The molecule has 3 unspecified atom stereocenters. The van der Waals surface area contributed by atoms with Gasteiger partial charge in [-0.1, -0.05) is 0 Å². The fourth-order valence-corrected chi connectivity index (χ4v) is 4.79. The number of aromatic nitrogens is 2.